The van der Waals surface area contributed by atoms with E-state index in [0.29, 0.717) is 5.69 Å². The van der Waals surface area contributed by atoms with Crippen LogP contribution >= 0.6 is 0 Å². The molecule has 2 aromatic rings. The Morgan fingerprint density at radius 2 is 2.00 bits per heavy atom. The average Bonchev–Trinajstić information content (AvgIpc) is 2.43. The maximum Gasteiger partial charge on any atom is 0.264 e. The molecular weight excluding hydrogens is 302 g/mol. The molecule has 0 saturated heterocycles. The monoisotopic (exact) mass is 314 g/mol. The predicted molar refractivity (Wildman–Crippen MR) is 72.1 cm³/mol. The molecule has 0 atom stereocenters. The Morgan fingerprint density at radius 3 is 2.57 bits per heavy atom. The fourth-order valence-corrected chi connectivity index (χ4v) is 2.82. The van der Waals surface area contributed by atoms with Crippen LogP contribution in [-0.2, 0) is 16.6 Å². The fourth-order valence-electron chi connectivity index (χ4n) is 1.64. The van der Waals surface area contributed by atoms with Crippen molar-refractivity contribution in [3.8, 4) is 0 Å². The van der Waals surface area contributed by atoms with Crippen LogP contribution in [-0.4, -0.2) is 18.5 Å². The normalized spacial score (nSPS) is 11.4. The van der Waals surface area contributed by atoms with Gasteiger partial charge in [-0.15, -0.1) is 0 Å². The zero-order valence-corrected chi connectivity index (χ0v) is 11.8. The molecule has 112 valence electrons. The second kappa shape index (κ2) is 5.74. The van der Waals surface area contributed by atoms with Crippen LogP contribution in [0.15, 0.2) is 35.4 Å². The molecule has 8 heteroatoms. The lowest BCUT2D eigenvalue weighted by Crippen LogP contribution is -2.16. The molecule has 0 amide bonds. The summed E-state index contributed by atoms with van der Waals surface area (Å²) in [7, 11) is -4.33. The summed E-state index contributed by atoms with van der Waals surface area (Å²) in [4.78, 5) is 3.03. The summed E-state index contributed by atoms with van der Waals surface area (Å²) in [5.41, 5.74) is 0.753. The molecule has 0 bridgehead atoms. The largest absolute Gasteiger partial charge is 0.392 e. The maximum absolute atomic E-state index is 13.7. The van der Waals surface area contributed by atoms with Gasteiger partial charge in [0.2, 0.25) is 0 Å². The molecule has 1 aromatic heterocycles. The van der Waals surface area contributed by atoms with Crippen LogP contribution in [0.3, 0.4) is 0 Å². The molecule has 21 heavy (non-hydrogen) atoms. The molecule has 2 rings (SSSR count). The Bertz CT molecular complexity index is 762. The van der Waals surface area contributed by atoms with E-state index in [1.54, 1.807) is 13.0 Å². The molecule has 0 spiro atoms. The van der Waals surface area contributed by atoms with Gasteiger partial charge in [-0.2, -0.15) is 0 Å². The summed E-state index contributed by atoms with van der Waals surface area (Å²) in [5, 5.41) is 8.95. The van der Waals surface area contributed by atoms with E-state index in [1.807, 2.05) is 0 Å². The van der Waals surface area contributed by atoms with E-state index in [4.69, 9.17) is 5.11 Å². The second-order valence-corrected chi connectivity index (χ2v) is 5.99. The Labute approximate surface area is 120 Å². The minimum absolute atomic E-state index is 0.0451. The molecule has 2 N–H and O–H groups in total. The van der Waals surface area contributed by atoms with Gasteiger partial charge in [0.15, 0.2) is 11.6 Å². The first-order valence-electron chi connectivity index (χ1n) is 5.88. The maximum atomic E-state index is 13.7. The first-order valence-corrected chi connectivity index (χ1v) is 7.36. The van der Waals surface area contributed by atoms with Crippen molar-refractivity contribution in [1.29, 1.82) is 0 Å². The van der Waals surface area contributed by atoms with E-state index < -0.39 is 33.2 Å². The van der Waals surface area contributed by atoms with Gasteiger partial charge < -0.3 is 5.11 Å². The highest BCUT2D eigenvalue weighted by Crippen LogP contribution is 2.22. The zero-order chi connectivity index (χ0) is 15.6. The smallest absolute Gasteiger partial charge is 0.264 e. The number of anilines is 1. The van der Waals surface area contributed by atoms with Gasteiger partial charge in [-0.25, -0.2) is 17.2 Å². The number of nitrogens with one attached hydrogen (secondary N) is 1. The summed E-state index contributed by atoms with van der Waals surface area (Å²) in [6.07, 6.45) is 1.26. The van der Waals surface area contributed by atoms with Gasteiger partial charge in [0.05, 0.1) is 18.5 Å². The summed E-state index contributed by atoms with van der Waals surface area (Å²) < 4.78 is 53.4. The topological polar surface area (TPSA) is 79.3 Å². The Morgan fingerprint density at radius 1 is 1.29 bits per heavy atom. The van der Waals surface area contributed by atoms with Crippen molar-refractivity contribution in [2.45, 2.75) is 18.4 Å². The molecule has 1 aromatic carbocycles. The third kappa shape index (κ3) is 3.34. The van der Waals surface area contributed by atoms with Crippen molar-refractivity contribution in [2.24, 2.45) is 0 Å². The zero-order valence-electron chi connectivity index (χ0n) is 11.0. The molecule has 0 radical (unpaired) electrons. The van der Waals surface area contributed by atoms with Crippen LogP contribution in [0.1, 0.15) is 11.3 Å². The number of hydrogen-bond acceptors (Lipinski definition) is 4. The summed E-state index contributed by atoms with van der Waals surface area (Å²) in [5.74, 6) is -2.84. The highest BCUT2D eigenvalue weighted by molar-refractivity contribution is 7.92. The molecule has 5 nitrogen and oxygen atoms in total. The van der Waals surface area contributed by atoms with Crippen molar-refractivity contribution in [2.75, 3.05) is 4.72 Å². The highest BCUT2D eigenvalue weighted by Gasteiger charge is 2.23. The lowest BCUT2D eigenvalue weighted by Gasteiger charge is -2.10. The van der Waals surface area contributed by atoms with E-state index in [0.717, 1.165) is 12.1 Å². The number of hydrogen-bond donors (Lipinski definition) is 2. The van der Waals surface area contributed by atoms with E-state index in [1.165, 1.54) is 12.3 Å². The predicted octanol–water partition coefficient (Wildman–Crippen LogP) is 1.96. The van der Waals surface area contributed by atoms with Crippen LogP contribution in [0.4, 0.5) is 14.5 Å². The Kier molecular flexibility index (Phi) is 4.19. The van der Waals surface area contributed by atoms with Crippen LogP contribution in [0.2, 0.25) is 0 Å². The van der Waals surface area contributed by atoms with Crippen molar-refractivity contribution in [1.82, 2.24) is 4.98 Å². The Balaban J connectivity index is 2.44. The van der Waals surface area contributed by atoms with Crippen molar-refractivity contribution in [3.05, 3.63) is 53.4 Å². The summed E-state index contributed by atoms with van der Waals surface area (Å²) in [6.45, 7) is 1.11. The van der Waals surface area contributed by atoms with Gasteiger partial charge >= 0.3 is 0 Å². The van der Waals surface area contributed by atoms with E-state index in [9.17, 15) is 17.2 Å². The number of aliphatic hydroxyl groups is 1. The van der Waals surface area contributed by atoms with Crippen molar-refractivity contribution < 1.29 is 22.3 Å². The number of aromatic nitrogens is 1. The third-order valence-corrected chi connectivity index (χ3v) is 4.07. The number of aryl methyl sites for hydroxylation is 1. The molecule has 1 heterocycles. The quantitative estimate of drug-likeness (QED) is 0.904. The number of sulfonamides is 1. The van der Waals surface area contributed by atoms with E-state index >= 15 is 0 Å². The van der Waals surface area contributed by atoms with E-state index in [-0.39, 0.29) is 11.3 Å². The van der Waals surface area contributed by atoms with Crippen LogP contribution in [0, 0.1) is 18.6 Å². The fraction of sp³-hybridized carbons (Fsp3) is 0.154. The molecule has 0 fully saturated rings. The van der Waals surface area contributed by atoms with Crippen molar-refractivity contribution in [3.63, 3.8) is 0 Å². The van der Waals surface area contributed by atoms with Crippen LogP contribution in [0.5, 0.6) is 0 Å². The minimum Gasteiger partial charge on any atom is -0.392 e. The van der Waals surface area contributed by atoms with Gasteiger partial charge in [-0.3, -0.25) is 9.71 Å². The molecule has 0 aliphatic heterocycles. The molecule has 0 aliphatic rings. The van der Waals surface area contributed by atoms with Crippen LogP contribution < -0.4 is 4.72 Å². The summed E-state index contributed by atoms with van der Waals surface area (Å²) in [6, 6.07) is 4.63. The van der Waals surface area contributed by atoms with Gasteiger partial charge in [-0.05, 0) is 36.8 Å². The first kappa shape index (κ1) is 15.3. The number of halogens is 2. The molecule has 0 aliphatic carbocycles. The van der Waals surface area contributed by atoms with E-state index in [2.05, 4.69) is 9.71 Å². The summed E-state index contributed by atoms with van der Waals surface area (Å²) >= 11 is 0. The number of nitrogens with zero attached hydrogens (tertiary/aromatic N) is 1. The highest BCUT2D eigenvalue weighted by atomic mass is 32.2. The van der Waals surface area contributed by atoms with Gasteiger partial charge in [-0.1, -0.05) is 0 Å². The lowest BCUT2D eigenvalue weighted by atomic mass is 10.2. The average molecular weight is 314 g/mol. The molecule has 0 saturated carbocycles. The minimum atomic E-state index is -4.33. The third-order valence-electron chi connectivity index (χ3n) is 2.69. The van der Waals surface area contributed by atoms with Crippen LogP contribution in [0.25, 0.3) is 0 Å². The SMILES string of the molecule is Cc1ccc(NS(=O)(=O)c2cc(CO)cc(F)c2F)cn1. The Hall–Kier alpha value is -2.06. The van der Waals surface area contributed by atoms with Gasteiger partial charge in [0.25, 0.3) is 10.0 Å². The van der Waals surface area contributed by atoms with Gasteiger partial charge in [0.1, 0.15) is 4.90 Å². The number of aliphatic hydroxyl groups excluding tert-OH is 1. The number of rotatable bonds is 4. The number of pyridine rings is 1. The second-order valence-electron chi connectivity index (χ2n) is 4.34. The first-order chi connectivity index (χ1) is 9.83. The van der Waals surface area contributed by atoms with Gasteiger partial charge in [0, 0.05) is 5.69 Å². The molecular formula is C13H12F2N2O3S. The molecule has 0 unspecified atom stereocenters. The van der Waals surface area contributed by atoms with Crippen molar-refractivity contribution >= 4 is 15.7 Å². The lowest BCUT2D eigenvalue weighted by molar-refractivity contribution is 0.280. The number of benzene rings is 1. The standard InChI is InChI=1S/C13H12F2N2O3S/c1-8-2-3-10(6-16-8)17-21(19,20)12-5-9(7-18)4-11(14)13(12)15/h2-6,17-18H,7H2,1H3.